The van der Waals surface area contributed by atoms with Crippen LogP contribution in [-0.4, -0.2) is 49.6 Å². The number of nitrogens with one attached hydrogen (secondary N) is 1. The molecule has 6 nitrogen and oxygen atoms in total. The summed E-state index contributed by atoms with van der Waals surface area (Å²) in [5.74, 6) is 0. The smallest absolute Gasteiger partial charge is 0.0948 e. The summed E-state index contributed by atoms with van der Waals surface area (Å²) in [5, 5.41) is 0. The molecule has 1 atom stereocenters. The monoisotopic (exact) mass is 500 g/mol. The third-order valence-electron chi connectivity index (χ3n) is 6.65. The van der Waals surface area contributed by atoms with Gasteiger partial charge in [-0.05, 0) is 19.8 Å². The Morgan fingerprint density at radius 1 is 0.778 bits per heavy atom. The Bertz CT molecular complexity index is 665. The molecule has 2 aromatic heterocycles. The highest BCUT2D eigenvalue weighted by molar-refractivity contribution is 4.88. The van der Waals surface area contributed by atoms with Gasteiger partial charge < -0.3 is 19.4 Å². The lowest BCUT2D eigenvalue weighted by molar-refractivity contribution is 0.290. The second-order valence-corrected chi connectivity index (χ2v) is 10.2. The van der Waals surface area contributed by atoms with Gasteiger partial charge >= 0.3 is 0 Å². The molecule has 0 saturated carbocycles. The lowest BCUT2D eigenvalue weighted by Gasteiger charge is -2.17. The second-order valence-electron chi connectivity index (χ2n) is 10.2. The van der Waals surface area contributed by atoms with E-state index in [0.717, 1.165) is 6.67 Å². The molecule has 0 saturated heterocycles. The normalized spacial score (nSPS) is 13.2. The molecule has 0 fully saturated rings. The van der Waals surface area contributed by atoms with Gasteiger partial charge in [0.05, 0.1) is 19.3 Å². The molecule has 1 aliphatic rings. The lowest BCUT2D eigenvalue weighted by Crippen LogP contribution is -2.23. The summed E-state index contributed by atoms with van der Waals surface area (Å²) in [6.07, 6.45) is 36.1. The van der Waals surface area contributed by atoms with Crippen LogP contribution in [0.3, 0.4) is 0 Å². The number of imidazole rings is 2. The van der Waals surface area contributed by atoms with Crippen molar-refractivity contribution in [3.63, 3.8) is 0 Å². The maximum Gasteiger partial charge on any atom is 0.0948 e. The highest BCUT2D eigenvalue weighted by Gasteiger charge is 2.06. The fourth-order valence-electron chi connectivity index (χ4n) is 4.30. The molecular weight excluding hydrogens is 444 g/mol. The van der Waals surface area contributed by atoms with Crippen LogP contribution in [0.25, 0.3) is 0 Å². The molecule has 0 aliphatic carbocycles. The number of aromatic nitrogens is 4. The molecule has 0 spiro atoms. The van der Waals surface area contributed by atoms with Gasteiger partial charge in [0.1, 0.15) is 0 Å². The number of aromatic amines is 1. The van der Waals surface area contributed by atoms with Gasteiger partial charge in [-0.2, -0.15) is 0 Å². The number of rotatable bonds is 17. The van der Waals surface area contributed by atoms with Crippen LogP contribution in [0.2, 0.25) is 0 Å². The van der Waals surface area contributed by atoms with E-state index in [1.807, 2.05) is 12.5 Å². The maximum atomic E-state index is 4.07. The Hall–Kier alpha value is -2.24. The average Bonchev–Trinajstić information content (AvgIpc) is 3.68. The molecule has 36 heavy (non-hydrogen) atoms. The summed E-state index contributed by atoms with van der Waals surface area (Å²) >= 11 is 0. The van der Waals surface area contributed by atoms with Crippen molar-refractivity contribution >= 4 is 0 Å². The van der Waals surface area contributed by atoms with Crippen LogP contribution in [0.1, 0.15) is 123 Å². The number of nitrogens with zero attached hydrogens (tertiary/aromatic N) is 5. The molecule has 1 N–H and O–H groups in total. The van der Waals surface area contributed by atoms with E-state index in [2.05, 4.69) is 75.7 Å². The summed E-state index contributed by atoms with van der Waals surface area (Å²) < 4.78 is 2.20. The van der Waals surface area contributed by atoms with Crippen LogP contribution < -0.4 is 0 Å². The molecule has 1 aliphatic heterocycles. The predicted molar refractivity (Wildman–Crippen MR) is 155 cm³/mol. The Labute approximate surface area is 222 Å². The van der Waals surface area contributed by atoms with E-state index < -0.39 is 0 Å². The second kappa shape index (κ2) is 23.2. The highest BCUT2D eigenvalue weighted by atomic mass is 15.3. The molecule has 0 radical (unpaired) electrons. The molecule has 0 aromatic carbocycles. The largest absolute Gasteiger partial charge is 0.362 e. The van der Waals surface area contributed by atoms with Crippen molar-refractivity contribution in [3.8, 4) is 0 Å². The first kappa shape index (κ1) is 31.8. The molecule has 3 rings (SSSR count). The van der Waals surface area contributed by atoms with Crippen LogP contribution in [0.5, 0.6) is 0 Å². The first-order valence-corrected chi connectivity index (χ1v) is 14.7. The number of unbranched alkanes of at least 4 members (excludes halogenated alkanes) is 12. The van der Waals surface area contributed by atoms with Crippen molar-refractivity contribution in [2.24, 2.45) is 0 Å². The van der Waals surface area contributed by atoms with Crippen molar-refractivity contribution in [2.75, 3.05) is 20.3 Å². The van der Waals surface area contributed by atoms with Crippen LogP contribution in [0, 0.1) is 0 Å². The van der Waals surface area contributed by atoms with E-state index in [-0.39, 0.29) is 0 Å². The van der Waals surface area contributed by atoms with Crippen LogP contribution in [0.4, 0.5) is 0 Å². The van der Waals surface area contributed by atoms with E-state index in [0.29, 0.717) is 6.04 Å². The number of hydrogen-bond acceptors (Lipinski definition) is 4. The van der Waals surface area contributed by atoms with E-state index in [4.69, 9.17) is 0 Å². The Morgan fingerprint density at radius 3 is 1.89 bits per heavy atom. The quantitative estimate of drug-likeness (QED) is 0.221. The summed E-state index contributed by atoms with van der Waals surface area (Å²) in [5.41, 5.74) is 0. The summed E-state index contributed by atoms with van der Waals surface area (Å²) in [6.45, 7) is 9.13. The first-order valence-electron chi connectivity index (χ1n) is 14.7. The fraction of sp³-hybridized carbons (Fsp3) is 0.733. The molecule has 2 aromatic rings. The van der Waals surface area contributed by atoms with Crippen LogP contribution in [0.15, 0.2) is 49.8 Å². The Balaban J connectivity index is 0.000000302. The van der Waals surface area contributed by atoms with Gasteiger partial charge in [0.25, 0.3) is 0 Å². The lowest BCUT2D eigenvalue weighted by atomic mass is 10.1. The standard InChI is InChI=1S/C14H28N2.C13H24N2.C3H4N2/c1-3-4-5-6-7-8-9-10-11-16-13-12-15(2)14-16;1-3-4-5-6-7-8-9-13(2)15-11-10-14-12-15;1-2-5-3-4-1/h12-13H,3-11,14H2,1-2H3;10-13H,3-9H2,1-2H3;1-3H,(H,4,5). The van der Waals surface area contributed by atoms with Gasteiger partial charge in [0, 0.05) is 56.8 Å². The zero-order chi connectivity index (χ0) is 26.1. The molecule has 0 amide bonds. The van der Waals surface area contributed by atoms with E-state index in [1.54, 1.807) is 18.7 Å². The number of H-pyrrole nitrogens is 1. The third kappa shape index (κ3) is 18.1. The molecule has 1 unspecified atom stereocenters. The summed E-state index contributed by atoms with van der Waals surface area (Å²) in [7, 11) is 2.13. The Morgan fingerprint density at radius 2 is 1.42 bits per heavy atom. The molecule has 206 valence electrons. The molecule has 0 bridgehead atoms. The molecule has 3 heterocycles. The van der Waals surface area contributed by atoms with Gasteiger partial charge in [0.15, 0.2) is 0 Å². The minimum absolute atomic E-state index is 0.610. The zero-order valence-corrected chi connectivity index (χ0v) is 24.0. The highest BCUT2D eigenvalue weighted by Crippen LogP contribution is 2.16. The third-order valence-corrected chi connectivity index (χ3v) is 6.65. The van der Waals surface area contributed by atoms with Crippen LogP contribution >= 0.6 is 0 Å². The van der Waals surface area contributed by atoms with Crippen molar-refractivity contribution in [2.45, 2.75) is 123 Å². The topological polar surface area (TPSA) is 53.0 Å². The fourth-order valence-corrected chi connectivity index (χ4v) is 4.30. The summed E-state index contributed by atoms with van der Waals surface area (Å²) in [6, 6.07) is 0.610. The minimum Gasteiger partial charge on any atom is -0.362 e. The summed E-state index contributed by atoms with van der Waals surface area (Å²) in [4.78, 5) is 15.1. The van der Waals surface area contributed by atoms with Crippen molar-refractivity contribution in [1.82, 2.24) is 29.3 Å². The molecular formula is C30H56N6. The van der Waals surface area contributed by atoms with Gasteiger partial charge in [-0.15, -0.1) is 0 Å². The predicted octanol–water partition coefficient (Wildman–Crippen LogP) is 8.41. The SMILES string of the molecule is CCCCCCCCC(C)n1ccnc1.CCCCCCCCCCN1C=CN(C)C1.c1c[nH]cn1. The van der Waals surface area contributed by atoms with E-state index in [1.165, 1.54) is 103 Å². The van der Waals surface area contributed by atoms with Crippen molar-refractivity contribution < 1.29 is 0 Å². The zero-order valence-electron chi connectivity index (χ0n) is 24.0. The van der Waals surface area contributed by atoms with E-state index in [9.17, 15) is 0 Å². The molecule has 6 heteroatoms. The van der Waals surface area contributed by atoms with Crippen molar-refractivity contribution in [1.29, 1.82) is 0 Å². The first-order chi connectivity index (χ1) is 17.7. The van der Waals surface area contributed by atoms with Gasteiger partial charge in [-0.1, -0.05) is 97.3 Å². The van der Waals surface area contributed by atoms with Crippen LogP contribution in [-0.2, 0) is 0 Å². The van der Waals surface area contributed by atoms with Gasteiger partial charge in [-0.25, -0.2) is 9.97 Å². The van der Waals surface area contributed by atoms with Gasteiger partial charge in [-0.3, -0.25) is 0 Å². The van der Waals surface area contributed by atoms with Crippen molar-refractivity contribution in [3.05, 3.63) is 49.8 Å². The van der Waals surface area contributed by atoms with E-state index >= 15 is 0 Å². The Kier molecular flexibility index (Phi) is 20.5. The number of hydrogen-bond donors (Lipinski definition) is 1. The minimum atomic E-state index is 0.610. The maximum absolute atomic E-state index is 4.07. The average molecular weight is 501 g/mol. The van der Waals surface area contributed by atoms with Gasteiger partial charge in [0.2, 0.25) is 0 Å².